The number of carbonyl (C=O) groups excluding carboxylic acids is 2. The number of ether oxygens (including phenoxy) is 1. The second kappa shape index (κ2) is 9.27. The maximum absolute atomic E-state index is 13.1. The van der Waals surface area contributed by atoms with Crippen molar-refractivity contribution >= 4 is 17.5 Å². The molecule has 1 aliphatic heterocycles. The lowest BCUT2D eigenvalue weighted by molar-refractivity contribution is -0.118. The molecule has 4 rings (SSSR count). The van der Waals surface area contributed by atoms with Gasteiger partial charge in [-0.15, -0.1) is 0 Å². The molecule has 32 heavy (non-hydrogen) atoms. The van der Waals surface area contributed by atoms with Crippen LogP contribution in [0.4, 0.5) is 5.69 Å². The van der Waals surface area contributed by atoms with Gasteiger partial charge in [-0.05, 0) is 68.1 Å². The molecule has 2 amide bonds. The molecule has 0 aliphatic carbocycles. The fourth-order valence-electron chi connectivity index (χ4n) is 4.25. The van der Waals surface area contributed by atoms with E-state index in [4.69, 9.17) is 4.74 Å². The van der Waals surface area contributed by atoms with E-state index >= 15 is 0 Å². The van der Waals surface area contributed by atoms with Crippen molar-refractivity contribution in [2.75, 3.05) is 18.5 Å². The average molecular weight is 429 g/mol. The molecule has 164 valence electrons. The summed E-state index contributed by atoms with van der Waals surface area (Å²) in [6.07, 6.45) is 0.696. The molecule has 1 aliphatic rings. The molecule has 0 spiro atoms. The van der Waals surface area contributed by atoms with Gasteiger partial charge in [-0.3, -0.25) is 9.59 Å². The van der Waals surface area contributed by atoms with Gasteiger partial charge in [-0.25, -0.2) is 0 Å². The Morgan fingerprint density at radius 2 is 1.72 bits per heavy atom. The van der Waals surface area contributed by atoms with Gasteiger partial charge in [-0.1, -0.05) is 42.0 Å². The third-order valence-electron chi connectivity index (χ3n) is 5.60. The Morgan fingerprint density at radius 3 is 2.47 bits per heavy atom. The van der Waals surface area contributed by atoms with Crippen molar-refractivity contribution in [1.82, 2.24) is 4.90 Å². The number of carbonyl (C=O) groups is 2. The summed E-state index contributed by atoms with van der Waals surface area (Å²) in [6, 6.07) is 19.6. The highest BCUT2D eigenvalue weighted by Gasteiger charge is 2.27. The van der Waals surface area contributed by atoms with Gasteiger partial charge in [0.1, 0.15) is 5.75 Å². The third kappa shape index (κ3) is 4.99. The molecule has 5 heteroatoms. The average Bonchev–Trinajstić information content (AvgIpc) is 2.73. The molecule has 3 aromatic carbocycles. The molecule has 5 nitrogen and oxygen atoms in total. The van der Waals surface area contributed by atoms with E-state index in [1.807, 2.05) is 61.2 Å². The van der Waals surface area contributed by atoms with Crippen LogP contribution in [0.5, 0.6) is 5.75 Å². The number of hydrogen-bond acceptors (Lipinski definition) is 3. The summed E-state index contributed by atoms with van der Waals surface area (Å²) in [5.74, 6) is 0.371. The van der Waals surface area contributed by atoms with Crippen molar-refractivity contribution in [2.24, 2.45) is 0 Å². The zero-order valence-electron chi connectivity index (χ0n) is 18.8. The van der Waals surface area contributed by atoms with Crippen molar-refractivity contribution < 1.29 is 14.3 Å². The van der Waals surface area contributed by atoms with E-state index in [0.29, 0.717) is 30.8 Å². The predicted molar refractivity (Wildman–Crippen MR) is 126 cm³/mol. The summed E-state index contributed by atoms with van der Waals surface area (Å²) in [5, 5.41) is 2.88. The van der Waals surface area contributed by atoms with Gasteiger partial charge in [-0.2, -0.15) is 0 Å². The van der Waals surface area contributed by atoms with Crippen LogP contribution in [0.1, 0.15) is 38.2 Å². The topological polar surface area (TPSA) is 58.6 Å². The number of nitrogens with one attached hydrogen (secondary N) is 1. The van der Waals surface area contributed by atoms with Gasteiger partial charge in [0.25, 0.3) is 11.8 Å². The zero-order chi connectivity index (χ0) is 22.7. The van der Waals surface area contributed by atoms with Crippen molar-refractivity contribution in [2.45, 2.75) is 33.7 Å². The second-order valence-electron chi connectivity index (χ2n) is 8.46. The molecular formula is C27H28N2O3. The number of rotatable bonds is 6. The van der Waals surface area contributed by atoms with Crippen LogP contribution in [0.3, 0.4) is 0 Å². The molecule has 0 radical (unpaired) electrons. The van der Waals surface area contributed by atoms with Crippen molar-refractivity contribution in [3.63, 3.8) is 0 Å². The van der Waals surface area contributed by atoms with Crippen molar-refractivity contribution in [3.05, 3.63) is 94.0 Å². The number of hydrogen-bond donors (Lipinski definition) is 1. The monoisotopic (exact) mass is 428 g/mol. The summed E-state index contributed by atoms with van der Waals surface area (Å²) < 4.78 is 5.83. The van der Waals surface area contributed by atoms with Crippen LogP contribution in [0.2, 0.25) is 0 Å². The van der Waals surface area contributed by atoms with Crippen molar-refractivity contribution in [1.29, 1.82) is 0 Å². The van der Waals surface area contributed by atoms with Gasteiger partial charge in [0.2, 0.25) is 0 Å². The number of aryl methyl sites for hydroxylation is 3. The maximum Gasteiger partial charge on any atom is 0.262 e. The lowest BCUT2D eigenvalue weighted by Crippen LogP contribution is -2.37. The van der Waals surface area contributed by atoms with E-state index in [1.54, 1.807) is 0 Å². The highest BCUT2D eigenvalue weighted by atomic mass is 16.5. The molecule has 1 heterocycles. The van der Waals surface area contributed by atoms with Crippen LogP contribution in [-0.2, 0) is 17.8 Å². The molecule has 1 N–H and O–H groups in total. The van der Waals surface area contributed by atoms with Crippen LogP contribution < -0.4 is 10.1 Å². The number of nitrogens with zero attached hydrogens (tertiary/aromatic N) is 1. The quantitative estimate of drug-likeness (QED) is 0.612. The SMILES string of the molecule is Cc1cccc(CN2CCc3c(OCC(=O)Nc4cc(C)cc(C)c4)cccc3C2=O)c1. The predicted octanol–water partition coefficient (Wildman–Crippen LogP) is 4.83. The lowest BCUT2D eigenvalue weighted by atomic mass is 9.97. The lowest BCUT2D eigenvalue weighted by Gasteiger charge is -2.29. The van der Waals surface area contributed by atoms with Gasteiger partial charge in [0, 0.05) is 29.9 Å². The Hall–Kier alpha value is -3.60. The van der Waals surface area contributed by atoms with E-state index in [0.717, 1.165) is 27.9 Å². The normalized spacial score (nSPS) is 13.0. The first-order valence-corrected chi connectivity index (χ1v) is 10.9. The third-order valence-corrected chi connectivity index (χ3v) is 5.60. The summed E-state index contributed by atoms with van der Waals surface area (Å²) >= 11 is 0. The Morgan fingerprint density at radius 1 is 0.969 bits per heavy atom. The first kappa shape index (κ1) is 21.6. The van der Waals surface area contributed by atoms with E-state index in [2.05, 4.69) is 30.4 Å². The minimum Gasteiger partial charge on any atom is -0.483 e. The first-order chi connectivity index (χ1) is 15.4. The van der Waals surface area contributed by atoms with E-state index < -0.39 is 0 Å². The molecule has 0 saturated carbocycles. The second-order valence-corrected chi connectivity index (χ2v) is 8.46. The minimum atomic E-state index is -0.226. The molecule has 0 fully saturated rings. The van der Waals surface area contributed by atoms with Gasteiger partial charge < -0.3 is 15.0 Å². The van der Waals surface area contributed by atoms with Gasteiger partial charge in [0.15, 0.2) is 6.61 Å². The Bertz CT molecular complexity index is 1150. The largest absolute Gasteiger partial charge is 0.483 e. The number of amides is 2. The molecule has 3 aromatic rings. The summed E-state index contributed by atoms with van der Waals surface area (Å²) in [5.41, 5.74) is 6.76. The summed E-state index contributed by atoms with van der Waals surface area (Å²) in [6.45, 7) is 7.14. The fraction of sp³-hybridized carbons (Fsp3) is 0.259. The maximum atomic E-state index is 13.1. The number of anilines is 1. The summed E-state index contributed by atoms with van der Waals surface area (Å²) in [4.78, 5) is 27.4. The standard InChI is InChI=1S/C27H28N2O3/c1-18-6-4-7-21(13-18)16-29-11-10-23-24(27(29)31)8-5-9-25(23)32-17-26(30)28-22-14-19(2)12-20(3)15-22/h4-9,12-15H,10-11,16-17H2,1-3H3,(H,28,30). The zero-order valence-corrected chi connectivity index (χ0v) is 18.8. The highest BCUT2D eigenvalue weighted by molar-refractivity contribution is 5.97. The van der Waals surface area contributed by atoms with Crippen LogP contribution >= 0.6 is 0 Å². The highest BCUT2D eigenvalue weighted by Crippen LogP contribution is 2.29. The van der Waals surface area contributed by atoms with Crippen LogP contribution in [0, 0.1) is 20.8 Å². The summed E-state index contributed by atoms with van der Waals surface area (Å²) in [7, 11) is 0. The first-order valence-electron chi connectivity index (χ1n) is 10.9. The molecular weight excluding hydrogens is 400 g/mol. The smallest absolute Gasteiger partial charge is 0.262 e. The molecule has 0 aromatic heterocycles. The van der Waals surface area contributed by atoms with Crippen LogP contribution in [-0.4, -0.2) is 29.9 Å². The molecule has 0 bridgehead atoms. The van der Waals surface area contributed by atoms with Crippen LogP contribution in [0.25, 0.3) is 0 Å². The van der Waals surface area contributed by atoms with Crippen molar-refractivity contribution in [3.8, 4) is 5.75 Å². The number of benzene rings is 3. The Labute approximate surface area is 189 Å². The van der Waals surface area contributed by atoms with Gasteiger partial charge in [0.05, 0.1) is 0 Å². The Kier molecular flexibility index (Phi) is 6.26. The fourth-order valence-corrected chi connectivity index (χ4v) is 4.25. The molecule has 0 atom stereocenters. The molecule has 0 saturated heterocycles. The van der Waals surface area contributed by atoms with Crippen LogP contribution in [0.15, 0.2) is 60.7 Å². The van der Waals surface area contributed by atoms with E-state index in [-0.39, 0.29) is 18.4 Å². The van der Waals surface area contributed by atoms with E-state index in [1.165, 1.54) is 5.56 Å². The van der Waals surface area contributed by atoms with Gasteiger partial charge >= 0.3 is 0 Å². The van der Waals surface area contributed by atoms with E-state index in [9.17, 15) is 9.59 Å². The molecule has 0 unspecified atom stereocenters. The Balaban J connectivity index is 1.42. The number of fused-ring (bicyclic) bond motifs is 1. The minimum absolute atomic E-state index is 0.00195.